The number of thioether (sulfide) groups is 1. The van der Waals surface area contributed by atoms with E-state index in [-0.39, 0.29) is 18.2 Å². The number of anilines is 1. The molecular weight excluding hydrogens is 338 g/mol. The maximum Gasteiger partial charge on any atom is 0.262 e. The minimum atomic E-state index is -0.437. The minimum Gasteiger partial charge on any atom is -0.495 e. The SMILES string of the molecule is COc1ccccc1NC(=O)CC1SC(N2CCCCCC2)=NC1=O. The van der Waals surface area contributed by atoms with Crippen molar-refractivity contribution in [1.82, 2.24) is 4.90 Å². The first kappa shape index (κ1) is 17.8. The van der Waals surface area contributed by atoms with E-state index in [1.807, 2.05) is 12.1 Å². The first-order chi connectivity index (χ1) is 12.2. The summed E-state index contributed by atoms with van der Waals surface area (Å²) < 4.78 is 5.23. The van der Waals surface area contributed by atoms with Crippen LogP contribution in [0.15, 0.2) is 29.3 Å². The summed E-state index contributed by atoms with van der Waals surface area (Å²) in [6.45, 7) is 1.89. The molecule has 0 radical (unpaired) electrons. The lowest BCUT2D eigenvalue weighted by Gasteiger charge is -2.21. The fourth-order valence-electron chi connectivity index (χ4n) is 3.02. The lowest BCUT2D eigenvalue weighted by molar-refractivity contribution is -0.121. The van der Waals surface area contributed by atoms with E-state index in [1.54, 1.807) is 19.2 Å². The molecule has 2 heterocycles. The number of rotatable bonds is 4. The number of carbonyl (C=O) groups is 2. The van der Waals surface area contributed by atoms with Gasteiger partial charge in [-0.3, -0.25) is 9.59 Å². The standard InChI is InChI=1S/C18H23N3O3S/c1-24-14-9-5-4-8-13(14)19-16(22)12-15-17(23)20-18(25-15)21-10-6-2-3-7-11-21/h4-5,8-9,15H,2-3,6-7,10-12H2,1H3,(H,19,22). The first-order valence-electron chi connectivity index (χ1n) is 8.64. The molecule has 2 aliphatic rings. The van der Waals surface area contributed by atoms with Crippen LogP contribution in [-0.4, -0.2) is 47.3 Å². The van der Waals surface area contributed by atoms with Crippen molar-refractivity contribution >= 4 is 34.4 Å². The third-order valence-corrected chi connectivity index (χ3v) is 5.57. The Morgan fingerprint density at radius 3 is 2.72 bits per heavy atom. The summed E-state index contributed by atoms with van der Waals surface area (Å²) in [5.74, 6) is 0.185. The largest absolute Gasteiger partial charge is 0.495 e. The summed E-state index contributed by atoms with van der Waals surface area (Å²) in [4.78, 5) is 30.9. The molecule has 0 bridgehead atoms. The van der Waals surface area contributed by atoms with E-state index in [2.05, 4.69) is 15.2 Å². The van der Waals surface area contributed by atoms with Crippen LogP contribution >= 0.6 is 11.8 Å². The molecular formula is C18H23N3O3S. The number of likely N-dealkylation sites (tertiary alicyclic amines) is 1. The molecule has 134 valence electrons. The minimum absolute atomic E-state index is 0.113. The van der Waals surface area contributed by atoms with Crippen molar-refractivity contribution in [3.8, 4) is 5.75 Å². The van der Waals surface area contributed by atoms with Gasteiger partial charge in [0, 0.05) is 19.5 Å². The van der Waals surface area contributed by atoms with Gasteiger partial charge in [-0.05, 0) is 25.0 Å². The topological polar surface area (TPSA) is 71.0 Å². The van der Waals surface area contributed by atoms with E-state index < -0.39 is 5.25 Å². The number of ether oxygens (including phenoxy) is 1. The normalized spacial score (nSPS) is 20.8. The van der Waals surface area contributed by atoms with E-state index >= 15 is 0 Å². The van der Waals surface area contributed by atoms with Crippen LogP contribution in [0.2, 0.25) is 0 Å². The zero-order chi connectivity index (χ0) is 17.6. The molecule has 1 unspecified atom stereocenters. The number of nitrogens with zero attached hydrogens (tertiary/aromatic N) is 2. The highest BCUT2D eigenvalue weighted by Gasteiger charge is 2.33. The van der Waals surface area contributed by atoms with Gasteiger partial charge < -0.3 is 15.0 Å². The Kier molecular flexibility index (Phi) is 5.96. The molecule has 1 fully saturated rings. The molecule has 2 amide bonds. The Morgan fingerprint density at radius 1 is 1.28 bits per heavy atom. The van der Waals surface area contributed by atoms with Crippen LogP contribution in [0.5, 0.6) is 5.75 Å². The fourth-order valence-corrected chi connectivity index (χ4v) is 4.14. The second-order valence-electron chi connectivity index (χ2n) is 6.19. The highest BCUT2D eigenvalue weighted by molar-refractivity contribution is 8.15. The van der Waals surface area contributed by atoms with E-state index in [0.29, 0.717) is 11.4 Å². The van der Waals surface area contributed by atoms with Gasteiger partial charge in [0.1, 0.15) is 11.0 Å². The zero-order valence-corrected chi connectivity index (χ0v) is 15.2. The Labute approximate surface area is 152 Å². The number of hydrogen-bond acceptors (Lipinski definition) is 5. The van der Waals surface area contributed by atoms with Crippen LogP contribution in [0.25, 0.3) is 0 Å². The number of carbonyl (C=O) groups excluding carboxylic acids is 2. The lowest BCUT2D eigenvalue weighted by atomic mass is 10.2. The summed E-state index contributed by atoms with van der Waals surface area (Å²) in [6.07, 6.45) is 4.84. The molecule has 1 aromatic carbocycles. The molecule has 0 aliphatic carbocycles. The molecule has 3 rings (SSSR count). The third-order valence-electron chi connectivity index (χ3n) is 4.36. The van der Waals surface area contributed by atoms with E-state index in [4.69, 9.17) is 4.74 Å². The van der Waals surface area contributed by atoms with Crippen molar-refractivity contribution in [1.29, 1.82) is 0 Å². The second kappa shape index (κ2) is 8.38. The van der Waals surface area contributed by atoms with Crippen LogP contribution in [0.1, 0.15) is 32.1 Å². The molecule has 7 heteroatoms. The molecule has 25 heavy (non-hydrogen) atoms. The van der Waals surface area contributed by atoms with E-state index in [9.17, 15) is 9.59 Å². The van der Waals surface area contributed by atoms with Gasteiger partial charge >= 0.3 is 0 Å². The molecule has 1 saturated heterocycles. The van der Waals surface area contributed by atoms with Crippen molar-refractivity contribution in [3.05, 3.63) is 24.3 Å². The van der Waals surface area contributed by atoms with Gasteiger partial charge in [-0.25, -0.2) is 0 Å². The highest BCUT2D eigenvalue weighted by atomic mass is 32.2. The van der Waals surface area contributed by atoms with Crippen LogP contribution in [0, 0.1) is 0 Å². The van der Waals surface area contributed by atoms with E-state index in [1.165, 1.54) is 24.6 Å². The Hall–Kier alpha value is -2.02. The maximum absolute atomic E-state index is 12.3. The summed E-state index contributed by atoms with van der Waals surface area (Å²) in [7, 11) is 1.56. The van der Waals surface area contributed by atoms with Crippen molar-refractivity contribution in [2.24, 2.45) is 4.99 Å². The van der Waals surface area contributed by atoms with E-state index in [0.717, 1.165) is 31.1 Å². The first-order valence-corrected chi connectivity index (χ1v) is 9.52. The molecule has 6 nitrogen and oxygen atoms in total. The fraction of sp³-hybridized carbons (Fsp3) is 0.500. The average molecular weight is 361 g/mol. The summed E-state index contributed by atoms with van der Waals surface area (Å²) in [5.41, 5.74) is 0.610. The van der Waals surface area contributed by atoms with Crippen molar-refractivity contribution < 1.29 is 14.3 Å². The maximum atomic E-state index is 12.3. The van der Waals surface area contributed by atoms with Gasteiger partial charge in [0.25, 0.3) is 5.91 Å². The zero-order valence-electron chi connectivity index (χ0n) is 14.4. The molecule has 1 aromatic rings. The van der Waals surface area contributed by atoms with Crippen LogP contribution in [0.4, 0.5) is 5.69 Å². The number of aliphatic imine (C=N–C) groups is 1. The van der Waals surface area contributed by atoms with Crippen LogP contribution in [-0.2, 0) is 9.59 Å². The van der Waals surface area contributed by atoms with Gasteiger partial charge in [0.2, 0.25) is 5.91 Å². The Balaban J connectivity index is 1.56. The number of nitrogens with one attached hydrogen (secondary N) is 1. The van der Waals surface area contributed by atoms with Crippen molar-refractivity contribution in [2.75, 3.05) is 25.5 Å². The Morgan fingerprint density at radius 2 is 2.00 bits per heavy atom. The van der Waals surface area contributed by atoms with Gasteiger partial charge in [-0.15, -0.1) is 0 Å². The number of amidine groups is 1. The van der Waals surface area contributed by atoms with Gasteiger partial charge in [-0.2, -0.15) is 4.99 Å². The molecule has 1 N–H and O–H groups in total. The molecule has 2 aliphatic heterocycles. The summed E-state index contributed by atoms with van der Waals surface area (Å²) in [6, 6.07) is 7.23. The van der Waals surface area contributed by atoms with Crippen LogP contribution < -0.4 is 10.1 Å². The third kappa shape index (κ3) is 4.54. The van der Waals surface area contributed by atoms with Gasteiger partial charge in [-0.1, -0.05) is 36.7 Å². The lowest BCUT2D eigenvalue weighted by Crippen LogP contribution is -2.29. The molecule has 0 spiro atoms. The van der Waals surface area contributed by atoms with Gasteiger partial charge in [0.05, 0.1) is 12.8 Å². The summed E-state index contributed by atoms with van der Waals surface area (Å²) in [5, 5.41) is 3.16. The molecule has 0 saturated carbocycles. The summed E-state index contributed by atoms with van der Waals surface area (Å²) >= 11 is 1.42. The number of benzene rings is 1. The predicted octanol–water partition coefficient (Wildman–Crippen LogP) is 2.90. The number of hydrogen-bond donors (Lipinski definition) is 1. The van der Waals surface area contributed by atoms with Crippen LogP contribution in [0.3, 0.4) is 0 Å². The number of amides is 2. The quantitative estimate of drug-likeness (QED) is 0.893. The average Bonchev–Trinajstić information content (AvgIpc) is 2.82. The highest BCUT2D eigenvalue weighted by Crippen LogP contribution is 2.29. The predicted molar refractivity (Wildman–Crippen MR) is 100 cm³/mol. The van der Waals surface area contributed by atoms with Gasteiger partial charge in [0.15, 0.2) is 5.17 Å². The van der Waals surface area contributed by atoms with Crippen molar-refractivity contribution in [3.63, 3.8) is 0 Å². The van der Waals surface area contributed by atoms with Crippen molar-refractivity contribution in [2.45, 2.75) is 37.4 Å². The Bertz CT molecular complexity index is 669. The molecule has 1 atom stereocenters. The smallest absolute Gasteiger partial charge is 0.262 e. The molecule has 0 aromatic heterocycles. The number of para-hydroxylation sites is 2. The monoisotopic (exact) mass is 361 g/mol. The number of methoxy groups -OCH3 is 1. The second-order valence-corrected chi connectivity index (χ2v) is 7.36.